The Kier molecular flexibility index (Phi) is 3.40. The van der Waals surface area contributed by atoms with E-state index in [4.69, 9.17) is 0 Å². The summed E-state index contributed by atoms with van der Waals surface area (Å²) >= 11 is 1.75. The van der Waals surface area contributed by atoms with Gasteiger partial charge in [-0.05, 0) is 12.5 Å². The lowest BCUT2D eigenvalue weighted by atomic mass is 10.3. The van der Waals surface area contributed by atoms with Crippen molar-refractivity contribution in [1.29, 1.82) is 0 Å². The van der Waals surface area contributed by atoms with Crippen molar-refractivity contribution < 1.29 is 0 Å². The van der Waals surface area contributed by atoms with Gasteiger partial charge in [-0.25, -0.2) is 9.97 Å². The van der Waals surface area contributed by atoms with Gasteiger partial charge in [-0.3, -0.25) is 4.68 Å². The fourth-order valence-electron chi connectivity index (χ4n) is 2.27. The highest BCUT2D eigenvalue weighted by atomic mass is 32.1. The molecular formula is C14H17N5S. The first-order valence-corrected chi connectivity index (χ1v) is 7.41. The van der Waals surface area contributed by atoms with Crippen LogP contribution in [-0.4, -0.2) is 26.8 Å². The quantitative estimate of drug-likeness (QED) is 0.740. The largest absolute Gasteiger partial charge is 0.355 e. The third-order valence-corrected chi connectivity index (χ3v) is 4.43. The SMILES string of the molecule is CCc1cc2c(N(C)Cc3cnn(C)c3)ncnc2s1. The van der Waals surface area contributed by atoms with Crippen molar-refractivity contribution in [2.24, 2.45) is 7.05 Å². The normalized spacial score (nSPS) is 11.2. The van der Waals surface area contributed by atoms with Crippen LogP contribution in [0.15, 0.2) is 24.8 Å². The van der Waals surface area contributed by atoms with Gasteiger partial charge in [0.15, 0.2) is 0 Å². The van der Waals surface area contributed by atoms with Crippen LogP contribution < -0.4 is 4.90 Å². The zero-order valence-corrected chi connectivity index (χ0v) is 12.7. The van der Waals surface area contributed by atoms with Crippen molar-refractivity contribution in [2.75, 3.05) is 11.9 Å². The molecule has 0 bridgehead atoms. The van der Waals surface area contributed by atoms with Crippen molar-refractivity contribution in [3.63, 3.8) is 0 Å². The molecule has 0 atom stereocenters. The molecule has 0 aliphatic heterocycles. The molecule has 0 N–H and O–H groups in total. The van der Waals surface area contributed by atoms with Crippen LogP contribution in [0.5, 0.6) is 0 Å². The molecule has 3 heterocycles. The Morgan fingerprint density at radius 1 is 1.35 bits per heavy atom. The minimum Gasteiger partial charge on any atom is -0.355 e. The highest BCUT2D eigenvalue weighted by molar-refractivity contribution is 7.18. The minimum atomic E-state index is 0.789. The van der Waals surface area contributed by atoms with E-state index < -0.39 is 0 Å². The molecule has 5 nitrogen and oxygen atoms in total. The average Bonchev–Trinajstić information content (AvgIpc) is 3.03. The number of thiophene rings is 1. The summed E-state index contributed by atoms with van der Waals surface area (Å²) in [6.45, 7) is 2.95. The summed E-state index contributed by atoms with van der Waals surface area (Å²) in [7, 11) is 3.98. The Balaban J connectivity index is 1.94. The van der Waals surface area contributed by atoms with Crippen LogP contribution in [0.4, 0.5) is 5.82 Å². The van der Waals surface area contributed by atoms with E-state index in [9.17, 15) is 0 Å². The van der Waals surface area contributed by atoms with Gasteiger partial charge >= 0.3 is 0 Å². The maximum absolute atomic E-state index is 4.45. The molecule has 3 aromatic heterocycles. The van der Waals surface area contributed by atoms with Crippen molar-refractivity contribution in [3.8, 4) is 0 Å². The van der Waals surface area contributed by atoms with E-state index in [2.05, 4.69) is 40.0 Å². The fraction of sp³-hybridized carbons (Fsp3) is 0.357. The van der Waals surface area contributed by atoms with Crippen molar-refractivity contribution >= 4 is 27.4 Å². The smallest absolute Gasteiger partial charge is 0.140 e. The number of fused-ring (bicyclic) bond motifs is 1. The highest BCUT2D eigenvalue weighted by Crippen LogP contribution is 2.30. The van der Waals surface area contributed by atoms with Crippen molar-refractivity contribution in [2.45, 2.75) is 19.9 Å². The predicted molar refractivity (Wildman–Crippen MR) is 82.1 cm³/mol. The van der Waals surface area contributed by atoms with Gasteiger partial charge in [0.25, 0.3) is 0 Å². The molecule has 0 unspecified atom stereocenters. The van der Waals surface area contributed by atoms with Gasteiger partial charge in [-0.2, -0.15) is 5.10 Å². The first-order valence-electron chi connectivity index (χ1n) is 6.59. The van der Waals surface area contributed by atoms with E-state index in [1.807, 2.05) is 24.1 Å². The van der Waals surface area contributed by atoms with Gasteiger partial charge < -0.3 is 4.90 Å². The second kappa shape index (κ2) is 5.20. The minimum absolute atomic E-state index is 0.789. The zero-order chi connectivity index (χ0) is 14.1. The number of aromatic nitrogens is 4. The predicted octanol–water partition coefficient (Wildman–Crippen LogP) is 2.62. The molecule has 3 rings (SSSR count). The van der Waals surface area contributed by atoms with Crippen LogP contribution >= 0.6 is 11.3 Å². The molecule has 0 saturated carbocycles. The van der Waals surface area contributed by atoms with Gasteiger partial charge in [0.2, 0.25) is 0 Å². The molecule has 0 spiro atoms. The molecule has 0 saturated heterocycles. The van der Waals surface area contributed by atoms with E-state index in [0.717, 1.165) is 29.0 Å². The van der Waals surface area contributed by atoms with Crippen LogP contribution in [0.25, 0.3) is 10.2 Å². The van der Waals surface area contributed by atoms with E-state index in [1.54, 1.807) is 17.7 Å². The second-order valence-electron chi connectivity index (χ2n) is 4.86. The Labute approximate surface area is 121 Å². The van der Waals surface area contributed by atoms with Gasteiger partial charge in [0.1, 0.15) is 17.0 Å². The van der Waals surface area contributed by atoms with Crippen LogP contribution in [0.3, 0.4) is 0 Å². The maximum Gasteiger partial charge on any atom is 0.140 e. The summed E-state index contributed by atoms with van der Waals surface area (Å²) in [5.41, 5.74) is 1.17. The van der Waals surface area contributed by atoms with Gasteiger partial charge in [-0.15, -0.1) is 11.3 Å². The maximum atomic E-state index is 4.45. The third-order valence-electron chi connectivity index (χ3n) is 3.25. The zero-order valence-electron chi connectivity index (χ0n) is 11.9. The van der Waals surface area contributed by atoms with Crippen LogP contribution in [0.1, 0.15) is 17.4 Å². The fourth-order valence-corrected chi connectivity index (χ4v) is 3.20. The van der Waals surface area contributed by atoms with E-state index in [-0.39, 0.29) is 0 Å². The molecule has 0 fully saturated rings. The lowest BCUT2D eigenvalue weighted by Gasteiger charge is -2.17. The van der Waals surface area contributed by atoms with Crippen molar-refractivity contribution in [3.05, 3.63) is 35.2 Å². The Bertz CT molecular complexity index is 730. The molecule has 20 heavy (non-hydrogen) atoms. The molecule has 0 aliphatic carbocycles. The number of aryl methyl sites for hydroxylation is 2. The van der Waals surface area contributed by atoms with Crippen molar-refractivity contribution in [1.82, 2.24) is 19.7 Å². The monoisotopic (exact) mass is 287 g/mol. The van der Waals surface area contributed by atoms with E-state index in [0.29, 0.717) is 0 Å². The average molecular weight is 287 g/mol. The first-order chi connectivity index (χ1) is 9.67. The lowest BCUT2D eigenvalue weighted by Crippen LogP contribution is -2.17. The third kappa shape index (κ3) is 2.38. The topological polar surface area (TPSA) is 46.8 Å². The summed E-state index contributed by atoms with van der Waals surface area (Å²) in [5, 5.41) is 5.34. The first kappa shape index (κ1) is 13.1. The summed E-state index contributed by atoms with van der Waals surface area (Å²) in [4.78, 5) is 13.4. The molecule has 0 radical (unpaired) electrons. The lowest BCUT2D eigenvalue weighted by molar-refractivity contribution is 0.766. The molecular weight excluding hydrogens is 270 g/mol. The van der Waals surface area contributed by atoms with Gasteiger partial charge in [0, 0.05) is 37.3 Å². The molecule has 6 heteroatoms. The molecule has 0 aliphatic rings. The summed E-state index contributed by atoms with van der Waals surface area (Å²) in [6, 6.07) is 2.20. The highest BCUT2D eigenvalue weighted by Gasteiger charge is 2.12. The van der Waals surface area contributed by atoms with E-state index >= 15 is 0 Å². The number of anilines is 1. The number of rotatable bonds is 4. The summed E-state index contributed by atoms with van der Waals surface area (Å²) in [6.07, 6.45) is 6.60. The second-order valence-corrected chi connectivity index (χ2v) is 5.98. The Morgan fingerprint density at radius 3 is 2.90 bits per heavy atom. The molecule has 3 aromatic rings. The molecule has 0 amide bonds. The number of hydrogen-bond acceptors (Lipinski definition) is 5. The summed E-state index contributed by atoms with van der Waals surface area (Å²) < 4.78 is 1.82. The van der Waals surface area contributed by atoms with E-state index in [1.165, 1.54) is 10.4 Å². The van der Waals surface area contributed by atoms with Gasteiger partial charge in [0.05, 0.1) is 11.6 Å². The summed E-state index contributed by atoms with van der Waals surface area (Å²) in [5.74, 6) is 0.981. The Morgan fingerprint density at radius 2 is 2.20 bits per heavy atom. The standard InChI is InChI=1S/C14H17N5S/c1-4-11-5-12-13(15-9-16-14(12)20-11)18(2)7-10-6-17-19(3)8-10/h5-6,8-9H,4,7H2,1-3H3. The van der Waals surface area contributed by atoms with Crippen LogP contribution in [0.2, 0.25) is 0 Å². The van der Waals surface area contributed by atoms with Crippen LogP contribution in [0, 0.1) is 0 Å². The van der Waals surface area contributed by atoms with Gasteiger partial charge in [-0.1, -0.05) is 6.92 Å². The Hall–Kier alpha value is -1.95. The number of nitrogens with zero attached hydrogens (tertiary/aromatic N) is 5. The molecule has 104 valence electrons. The number of hydrogen-bond donors (Lipinski definition) is 0. The van der Waals surface area contributed by atoms with Crippen LogP contribution in [-0.2, 0) is 20.0 Å². The molecule has 0 aromatic carbocycles.